The van der Waals surface area contributed by atoms with E-state index >= 15 is 0 Å². The number of aryl methyl sites for hydroxylation is 1. The molecule has 3 aliphatic heterocycles. The highest BCUT2D eigenvalue weighted by atomic mass is 35.5. The molecule has 12 nitrogen and oxygen atoms in total. The lowest BCUT2D eigenvalue weighted by Crippen LogP contribution is -2.55. The molecule has 2 unspecified atom stereocenters. The highest BCUT2D eigenvalue weighted by molar-refractivity contribution is 6.35. The van der Waals surface area contributed by atoms with Crippen LogP contribution in [0.4, 0.5) is 11.4 Å². The fourth-order valence-electron chi connectivity index (χ4n) is 7.49. The van der Waals surface area contributed by atoms with Crippen LogP contribution in [-0.2, 0) is 22.5 Å². The number of carbonyl (C=O) groups is 2. The average molecular weight is 688 g/mol. The second-order valence-corrected chi connectivity index (χ2v) is 14.0. The van der Waals surface area contributed by atoms with Crippen LogP contribution in [0.2, 0.25) is 5.02 Å². The zero-order valence-corrected chi connectivity index (χ0v) is 29.7. The Kier molecular flexibility index (Phi) is 10.4. The van der Waals surface area contributed by atoms with Gasteiger partial charge in [-0.15, -0.1) is 0 Å². The number of halogens is 1. The SMILES string of the molecule is C=CC(=O)N1CCN(c2cc(C(=O)NC(C)CN(C)C)nc3c2CCN(c2c(Cl)c(C)cc4c2cnn4C2CCCCO2)C3)C[C@@H]1CC#N. The van der Waals surface area contributed by atoms with Crippen molar-refractivity contribution in [2.75, 3.05) is 63.2 Å². The van der Waals surface area contributed by atoms with Gasteiger partial charge in [0.05, 0.1) is 53.2 Å². The Hall–Kier alpha value is -4.18. The van der Waals surface area contributed by atoms with E-state index in [1.54, 1.807) is 4.90 Å². The number of hydrogen-bond acceptors (Lipinski definition) is 9. The molecule has 3 aromatic rings. The van der Waals surface area contributed by atoms with Crippen LogP contribution in [0.1, 0.15) is 66.1 Å². The molecule has 5 heterocycles. The van der Waals surface area contributed by atoms with Gasteiger partial charge in [-0.25, -0.2) is 9.67 Å². The van der Waals surface area contributed by atoms with Gasteiger partial charge in [-0.1, -0.05) is 18.2 Å². The first kappa shape index (κ1) is 34.7. The number of amides is 2. The number of carbonyl (C=O) groups excluding carboxylic acids is 2. The molecule has 2 fully saturated rings. The van der Waals surface area contributed by atoms with Crippen molar-refractivity contribution in [3.05, 3.63) is 58.5 Å². The highest BCUT2D eigenvalue weighted by Gasteiger charge is 2.34. The number of hydrogen-bond donors (Lipinski definition) is 1. The number of nitriles is 1. The first-order chi connectivity index (χ1) is 23.6. The molecular weight excluding hydrogens is 642 g/mol. The molecule has 0 radical (unpaired) electrons. The minimum Gasteiger partial charge on any atom is -0.367 e. The largest absolute Gasteiger partial charge is 0.367 e. The van der Waals surface area contributed by atoms with Crippen LogP contribution < -0.4 is 15.1 Å². The fourth-order valence-corrected chi connectivity index (χ4v) is 7.76. The van der Waals surface area contributed by atoms with Gasteiger partial charge in [-0.2, -0.15) is 10.4 Å². The lowest BCUT2D eigenvalue weighted by molar-refractivity contribution is -0.128. The van der Waals surface area contributed by atoms with E-state index in [-0.39, 0.29) is 36.5 Å². The van der Waals surface area contributed by atoms with Gasteiger partial charge < -0.3 is 29.7 Å². The Balaban J connectivity index is 1.38. The van der Waals surface area contributed by atoms with Crippen LogP contribution in [0, 0.1) is 18.3 Å². The third-order valence-electron chi connectivity index (χ3n) is 9.76. The molecule has 1 N–H and O–H groups in total. The Labute approximate surface area is 293 Å². The molecule has 0 saturated carbocycles. The quantitative estimate of drug-likeness (QED) is 0.325. The van der Waals surface area contributed by atoms with Gasteiger partial charge in [0.1, 0.15) is 5.69 Å². The lowest BCUT2D eigenvalue weighted by atomic mass is 9.98. The van der Waals surface area contributed by atoms with E-state index in [2.05, 4.69) is 33.8 Å². The summed E-state index contributed by atoms with van der Waals surface area (Å²) < 4.78 is 8.08. The normalized spacial score (nSPS) is 20.2. The van der Waals surface area contributed by atoms with Crippen LogP contribution in [0.5, 0.6) is 0 Å². The van der Waals surface area contributed by atoms with Crippen LogP contribution in [0.15, 0.2) is 31.0 Å². The Morgan fingerprint density at radius 2 is 2.06 bits per heavy atom. The minimum atomic E-state index is -0.297. The van der Waals surface area contributed by atoms with E-state index in [0.29, 0.717) is 56.4 Å². The van der Waals surface area contributed by atoms with E-state index in [0.717, 1.165) is 65.0 Å². The van der Waals surface area contributed by atoms with Gasteiger partial charge >= 0.3 is 0 Å². The van der Waals surface area contributed by atoms with Crippen molar-refractivity contribution in [3.8, 4) is 6.07 Å². The zero-order valence-electron chi connectivity index (χ0n) is 28.9. The molecule has 0 aliphatic carbocycles. The number of fused-ring (bicyclic) bond motifs is 2. The van der Waals surface area contributed by atoms with E-state index in [1.165, 1.54) is 6.08 Å². The monoisotopic (exact) mass is 687 g/mol. The van der Waals surface area contributed by atoms with Crippen molar-refractivity contribution >= 4 is 45.7 Å². The standard InChI is InChI=1S/C36H46ClN9O3/c1-6-32(47)45-15-14-43(21-25(45)10-12-38)30-18-28(36(48)40-24(3)20-42(4)5)41-29-22-44(13-11-26(29)30)35-27-19-39-46(33-9-7-8-16-49-33)31(27)17-23(2)34(35)37/h6,17-19,24-25,33H,1,7-11,13-16,20-22H2,2-5H3,(H,40,48)/t24?,25-,33?/m0/s1. The van der Waals surface area contributed by atoms with Crippen LogP contribution in [0.25, 0.3) is 10.9 Å². The summed E-state index contributed by atoms with van der Waals surface area (Å²) in [5, 5.41) is 19.1. The topological polar surface area (TPSA) is 123 Å². The molecule has 1 aromatic carbocycles. The molecule has 2 aromatic heterocycles. The number of pyridine rings is 1. The third kappa shape index (κ3) is 7.11. The van der Waals surface area contributed by atoms with Crippen molar-refractivity contribution in [3.63, 3.8) is 0 Å². The molecule has 49 heavy (non-hydrogen) atoms. The van der Waals surface area contributed by atoms with E-state index in [1.807, 2.05) is 49.8 Å². The molecule has 2 amide bonds. The summed E-state index contributed by atoms with van der Waals surface area (Å²) in [6.07, 6.45) is 7.05. The molecule has 6 rings (SSSR count). The minimum absolute atomic E-state index is 0.0854. The van der Waals surface area contributed by atoms with Crippen molar-refractivity contribution in [1.82, 2.24) is 29.9 Å². The van der Waals surface area contributed by atoms with Gasteiger partial charge in [0.15, 0.2) is 6.23 Å². The smallest absolute Gasteiger partial charge is 0.270 e. The number of piperazine rings is 1. The molecular formula is C36H46ClN9O3. The summed E-state index contributed by atoms with van der Waals surface area (Å²) in [5.41, 5.74) is 6.00. The number of nitrogens with one attached hydrogen (secondary N) is 1. The first-order valence-electron chi connectivity index (χ1n) is 17.2. The van der Waals surface area contributed by atoms with Gasteiger partial charge in [0.2, 0.25) is 5.91 Å². The number of anilines is 2. The third-order valence-corrected chi connectivity index (χ3v) is 10.2. The zero-order chi connectivity index (χ0) is 34.8. The summed E-state index contributed by atoms with van der Waals surface area (Å²) in [6, 6.07) is 5.84. The van der Waals surface area contributed by atoms with Crippen LogP contribution >= 0.6 is 11.6 Å². The lowest BCUT2D eigenvalue weighted by Gasteiger charge is -2.43. The molecule has 0 spiro atoms. The number of benzene rings is 1. The van der Waals surface area contributed by atoms with Gasteiger partial charge in [-0.05, 0) is 77.4 Å². The molecule has 260 valence electrons. The van der Waals surface area contributed by atoms with Gasteiger partial charge in [0.25, 0.3) is 5.91 Å². The number of nitrogens with zero attached hydrogens (tertiary/aromatic N) is 8. The van der Waals surface area contributed by atoms with Gasteiger partial charge in [0, 0.05) is 62.0 Å². The predicted molar refractivity (Wildman–Crippen MR) is 191 cm³/mol. The second-order valence-electron chi connectivity index (χ2n) is 13.7. The summed E-state index contributed by atoms with van der Waals surface area (Å²) in [4.78, 5) is 39.6. The van der Waals surface area contributed by atoms with E-state index in [9.17, 15) is 14.9 Å². The van der Waals surface area contributed by atoms with Crippen molar-refractivity contribution in [2.24, 2.45) is 0 Å². The Morgan fingerprint density at radius 1 is 1.24 bits per heavy atom. The fraction of sp³-hybridized carbons (Fsp3) is 0.528. The number of likely N-dealkylation sites (N-methyl/N-ethyl adjacent to an activating group) is 1. The van der Waals surface area contributed by atoms with Crippen LogP contribution in [0.3, 0.4) is 0 Å². The summed E-state index contributed by atoms with van der Waals surface area (Å²) in [5.74, 6) is -0.420. The highest BCUT2D eigenvalue weighted by Crippen LogP contribution is 2.41. The maximum atomic E-state index is 13.7. The summed E-state index contributed by atoms with van der Waals surface area (Å²) in [6.45, 7) is 11.7. The van der Waals surface area contributed by atoms with Crippen LogP contribution in [-0.4, -0.2) is 102 Å². The molecule has 0 bridgehead atoms. The second kappa shape index (κ2) is 14.7. The Morgan fingerprint density at radius 3 is 2.78 bits per heavy atom. The molecule has 3 atom stereocenters. The summed E-state index contributed by atoms with van der Waals surface area (Å²) in [7, 11) is 3.94. The number of aromatic nitrogens is 3. The van der Waals surface area contributed by atoms with Crippen molar-refractivity contribution in [1.29, 1.82) is 5.26 Å². The van der Waals surface area contributed by atoms with Crippen molar-refractivity contribution < 1.29 is 14.3 Å². The molecule has 2 saturated heterocycles. The Bertz CT molecular complexity index is 1780. The number of rotatable bonds is 9. The molecule has 13 heteroatoms. The first-order valence-corrected chi connectivity index (χ1v) is 17.5. The van der Waals surface area contributed by atoms with Crippen molar-refractivity contribution in [2.45, 2.75) is 70.8 Å². The molecule has 3 aliphatic rings. The van der Waals surface area contributed by atoms with E-state index in [4.69, 9.17) is 26.4 Å². The maximum absolute atomic E-state index is 13.7. The predicted octanol–water partition coefficient (Wildman–Crippen LogP) is 4.45. The van der Waals surface area contributed by atoms with Gasteiger partial charge in [-0.3, -0.25) is 9.59 Å². The maximum Gasteiger partial charge on any atom is 0.270 e. The number of ether oxygens (including phenoxy) is 1. The van der Waals surface area contributed by atoms with E-state index < -0.39 is 0 Å². The summed E-state index contributed by atoms with van der Waals surface area (Å²) >= 11 is 7.09. The average Bonchev–Trinajstić information content (AvgIpc) is 3.50.